The summed E-state index contributed by atoms with van der Waals surface area (Å²) in [5.74, 6) is -4.49. The molecule has 0 aliphatic rings. The Labute approximate surface area is 390 Å². The van der Waals surface area contributed by atoms with Crippen molar-refractivity contribution in [3.05, 3.63) is 0 Å². The first-order valence-electron chi connectivity index (χ1n) is 24.4. The summed E-state index contributed by atoms with van der Waals surface area (Å²) in [7, 11) is 0. The fraction of sp³-hybridized carbons (Fsp3) is 0.854. The van der Waals surface area contributed by atoms with Gasteiger partial charge in [0.2, 0.25) is 5.60 Å². The maximum Gasteiger partial charge on any atom is 0.351 e. The van der Waals surface area contributed by atoms with Crippen LogP contribution in [0.3, 0.4) is 0 Å². The lowest BCUT2D eigenvalue weighted by Gasteiger charge is -2.30. The summed E-state index contributed by atoms with van der Waals surface area (Å²) in [6, 6.07) is 0. The Morgan fingerprint density at radius 2 is 0.625 bits per heavy atom. The largest absolute Gasteiger partial charge is 0.466 e. The number of halogens is 1. The molecule has 0 aromatic carbocycles. The van der Waals surface area contributed by atoms with E-state index in [-0.39, 0.29) is 82.9 Å². The highest BCUT2D eigenvalue weighted by atomic mass is 35.5. The van der Waals surface area contributed by atoms with Gasteiger partial charge in [0.1, 0.15) is 0 Å². The zero-order valence-corrected chi connectivity index (χ0v) is 40.7. The van der Waals surface area contributed by atoms with E-state index < -0.39 is 42.3 Å². The van der Waals surface area contributed by atoms with Crippen LogP contribution in [0.2, 0.25) is 0 Å². The van der Waals surface area contributed by atoms with Gasteiger partial charge in [-0.1, -0.05) is 97.8 Å². The highest BCUT2D eigenvalue weighted by Gasteiger charge is 2.49. The highest BCUT2D eigenvalue weighted by molar-refractivity contribution is 5.92. The first-order chi connectivity index (χ1) is 30.5. The molecule has 0 aliphatic heterocycles. The second-order valence-electron chi connectivity index (χ2n) is 16.3. The molecule has 0 aromatic rings. The second-order valence-corrected chi connectivity index (χ2v) is 16.3. The topological polar surface area (TPSA) is 210 Å². The van der Waals surface area contributed by atoms with E-state index in [0.29, 0.717) is 77.0 Å². The molecule has 0 bridgehead atoms. The molecule has 0 rings (SSSR count). The van der Waals surface area contributed by atoms with Gasteiger partial charge in [-0.25, -0.2) is 4.79 Å². The first-order valence-corrected chi connectivity index (χ1v) is 24.4. The van der Waals surface area contributed by atoms with E-state index in [9.17, 15) is 33.6 Å². The number of carbonyl (C=O) groups excluding carboxylic acids is 7. The molecule has 64 heavy (non-hydrogen) atoms. The third-order valence-corrected chi connectivity index (χ3v) is 10.3. The van der Waals surface area contributed by atoms with Gasteiger partial charge in [-0.05, 0) is 77.0 Å². The Hall–Kier alpha value is -3.46. The average molecular weight is 937 g/mol. The van der Waals surface area contributed by atoms with Crippen molar-refractivity contribution in [2.45, 2.75) is 219 Å². The summed E-state index contributed by atoms with van der Waals surface area (Å²) in [6.07, 6.45) is 19.5. The van der Waals surface area contributed by atoms with Gasteiger partial charge in [-0.15, -0.1) is 12.4 Å². The van der Waals surface area contributed by atoms with Gasteiger partial charge in [0.25, 0.3) is 0 Å². The zero-order chi connectivity index (χ0) is 46.7. The fourth-order valence-electron chi connectivity index (χ4n) is 6.48. The van der Waals surface area contributed by atoms with Gasteiger partial charge in [0.15, 0.2) is 0 Å². The molecular weight excluding hydrogens is 850 g/mol. The normalized spacial score (nSPS) is 10.9. The van der Waals surface area contributed by atoms with Gasteiger partial charge in [-0.3, -0.25) is 28.8 Å². The minimum Gasteiger partial charge on any atom is -0.466 e. The van der Waals surface area contributed by atoms with Crippen molar-refractivity contribution in [2.75, 3.05) is 46.2 Å². The Morgan fingerprint density at radius 3 is 0.938 bits per heavy atom. The van der Waals surface area contributed by atoms with Crippen LogP contribution in [0.25, 0.3) is 0 Å². The van der Waals surface area contributed by atoms with Gasteiger partial charge in [-0.2, -0.15) is 0 Å². The van der Waals surface area contributed by atoms with Crippen molar-refractivity contribution in [3.8, 4) is 0 Å². The molecule has 0 unspecified atom stereocenters. The van der Waals surface area contributed by atoms with Gasteiger partial charge < -0.3 is 38.9 Å². The van der Waals surface area contributed by atoms with Crippen LogP contribution >= 0.6 is 12.4 Å². The number of unbranched alkanes of at least 4 members (excludes halogenated alkanes) is 18. The summed E-state index contributed by atoms with van der Waals surface area (Å²) in [6.45, 7) is 6.89. The summed E-state index contributed by atoms with van der Waals surface area (Å²) < 4.78 is 37.8. The standard InChI is InChI=1S/C48H85NO14.ClH/c1-4-7-10-13-19-28-41(50)57-33-22-16-25-36-60-45(54)39-48(63-44(53)31-32-49,47(56)62-38-27-18-24-35-59-43(52)30-21-15-12-9-6-3)40-46(55)61-37-26-17-23-34-58-42(51)29-20-14-11-8-5-2;/h4-40,49H2,1-3H3;1H. The van der Waals surface area contributed by atoms with Gasteiger partial charge in [0.05, 0.1) is 58.9 Å². The highest BCUT2D eigenvalue weighted by Crippen LogP contribution is 2.27. The van der Waals surface area contributed by atoms with E-state index in [4.69, 9.17) is 38.9 Å². The average Bonchev–Trinajstić information content (AvgIpc) is 3.25. The van der Waals surface area contributed by atoms with E-state index in [0.717, 1.165) is 96.3 Å². The number of rotatable bonds is 44. The van der Waals surface area contributed by atoms with E-state index in [1.807, 2.05) is 0 Å². The third-order valence-electron chi connectivity index (χ3n) is 10.3. The van der Waals surface area contributed by atoms with Crippen LogP contribution in [-0.2, 0) is 66.7 Å². The molecule has 0 saturated heterocycles. The molecule has 0 aromatic heterocycles. The quantitative estimate of drug-likeness (QED) is 0.0342. The van der Waals surface area contributed by atoms with Gasteiger partial charge >= 0.3 is 41.8 Å². The zero-order valence-electron chi connectivity index (χ0n) is 39.9. The Kier molecular flexibility index (Phi) is 43.8. The molecule has 0 fully saturated rings. The summed E-state index contributed by atoms with van der Waals surface area (Å²) in [5, 5.41) is 0. The van der Waals surface area contributed by atoms with Crippen LogP contribution < -0.4 is 5.73 Å². The molecule has 0 atom stereocenters. The van der Waals surface area contributed by atoms with E-state index in [2.05, 4.69) is 20.8 Å². The lowest BCUT2D eigenvalue weighted by atomic mass is 9.94. The lowest BCUT2D eigenvalue weighted by molar-refractivity contribution is -0.191. The van der Waals surface area contributed by atoms with Crippen LogP contribution in [0.4, 0.5) is 0 Å². The van der Waals surface area contributed by atoms with Crippen LogP contribution in [0.5, 0.6) is 0 Å². The summed E-state index contributed by atoms with van der Waals surface area (Å²) in [5.41, 5.74) is 3.20. The molecule has 0 radical (unpaired) electrons. The number of hydrogen-bond acceptors (Lipinski definition) is 15. The van der Waals surface area contributed by atoms with E-state index in [1.54, 1.807) is 0 Å². The van der Waals surface area contributed by atoms with E-state index in [1.165, 1.54) is 0 Å². The number of esters is 7. The molecular formula is C48H86ClNO14. The Bertz CT molecular complexity index is 1180. The Morgan fingerprint density at radius 1 is 0.344 bits per heavy atom. The minimum absolute atomic E-state index is 0. The van der Waals surface area contributed by atoms with Crippen molar-refractivity contribution in [1.82, 2.24) is 0 Å². The van der Waals surface area contributed by atoms with Crippen molar-refractivity contribution < 1.29 is 66.7 Å². The number of ether oxygens (including phenoxy) is 7. The van der Waals surface area contributed by atoms with Crippen LogP contribution in [0.15, 0.2) is 0 Å². The molecule has 16 heteroatoms. The van der Waals surface area contributed by atoms with E-state index >= 15 is 0 Å². The molecule has 374 valence electrons. The van der Waals surface area contributed by atoms with Crippen LogP contribution in [0.1, 0.15) is 213 Å². The van der Waals surface area contributed by atoms with Crippen molar-refractivity contribution in [2.24, 2.45) is 5.73 Å². The predicted octanol–water partition coefficient (Wildman–Crippen LogP) is 9.67. The van der Waals surface area contributed by atoms with Crippen LogP contribution in [-0.4, -0.2) is 93.6 Å². The maximum absolute atomic E-state index is 13.8. The monoisotopic (exact) mass is 936 g/mol. The lowest BCUT2D eigenvalue weighted by Crippen LogP contribution is -2.49. The molecule has 0 saturated carbocycles. The van der Waals surface area contributed by atoms with Crippen molar-refractivity contribution in [3.63, 3.8) is 0 Å². The molecule has 0 amide bonds. The molecule has 15 nitrogen and oxygen atoms in total. The van der Waals surface area contributed by atoms with Crippen molar-refractivity contribution in [1.29, 1.82) is 0 Å². The molecule has 2 N–H and O–H groups in total. The second kappa shape index (κ2) is 44.7. The number of carbonyl (C=O) groups is 7. The number of hydrogen-bond donors (Lipinski definition) is 1. The molecule has 0 aliphatic carbocycles. The Balaban J connectivity index is 0. The van der Waals surface area contributed by atoms with Crippen molar-refractivity contribution >= 4 is 54.2 Å². The van der Waals surface area contributed by atoms with Crippen LogP contribution in [0, 0.1) is 0 Å². The third kappa shape index (κ3) is 37.9. The molecule has 0 heterocycles. The first kappa shape index (κ1) is 62.6. The number of nitrogens with two attached hydrogens (primary N) is 1. The smallest absolute Gasteiger partial charge is 0.351 e. The fourth-order valence-corrected chi connectivity index (χ4v) is 6.48. The maximum atomic E-state index is 13.8. The summed E-state index contributed by atoms with van der Waals surface area (Å²) in [4.78, 5) is 89.0. The predicted molar refractivity (Wildman–Crippen MR) is 246 cm³/mol. The van der Waals surface area contributed by atoms with Gasteiger partial charge in [0, 0.05) is 25.8 Å². The summed E-state index contributed by atoms with van der Waals surface area (Å²) >= 11 is 0. The minimum atomic E-state index is -2.37. The molecule has 0 spiro atoms. The SMILES string of the molecule is CCCCCCCC(=O)OCCCCCOC(=O)CC(CC(=O)OCCCCCOC(=O)CCCCCCC)(OC(=O)CCN)C(=O)OCCCCCOC(=O)CCCCCCC.Cl.